The van der Waals surface area contributed by atoms with Crippen molar-refractivity contribution >= 4 is 34.9 Å². The largest absolute Gasteiger partial charge is 0.383 e. The van der Waals surface area contributed by atoms with Gasteiger partial charge in [-0.1, -0.05) is 30.1 Å². The Morgan fingerprint density at radius 1 is 1.37 bits per heavy atom. The molecule has 0 fully saturated rings. The SMILES string of the molecule is CCc1nn(-c2c(Cl)cncc2Cl)c(N)c1C(N)=O. The Morgan fingerprint density at radius 2 is 1.95 bits per heavy atom. The van der Waals surface area contributed by atoms with Crippen LogP contribution in [0.2, 0.25) is 10.0 Å². The lowest BCUT2D eigenvalue weighted by molar-refractivity contribution is 0.100. The molecule has 0 bridgehead atoms. The maximum absolute atomic E-state index is 11.4. The van der Waals surface area contributed by atoms with Crippen molar-refractivity contribution in [1.29, 1.82) is 0 Å². The maximum Gasteiger partial charge on any atom is 0.254 e. The fraction of sp³-hybridized carbons (Fsp3) is 0.182. The predicted octanol–water partition coefficient (Wildman–Crippen LogP) is 1.82. The summed E-state index contributed by atoms with van der Waals surface area (Å²) in [4.78, 5) is 15.3. The molecule has 4 N–H and O–H groups in total. The Labute approximate surface area is 119 Å². The van der Waals surface area contributed by atoms with Crippen molar-refractivity contribution in [1.82, 2.24) is 14.8 Å². The van der Waals surface area contributed by atoms with Crippen LogP contribution >= 0.6 is 23.2 Å². The average Bonchev–Trinajstić information content (AvgIpc) is 2.66. The molecule has 2 rings (SSSR count). The van der Waals surface area contributed by atoms with Gasteiger partial charge < -0.3 is 11.5 Å². The first kappa shape index (κ1) is 13.6. The second-order valence-electron chi connectivity index (χ2n) is 3.79. The van der Waals surface area contributed by atoms with E-state index < -0.39 is 5.91 Å². The van der Waals surface area contributed by atoms with E-state index in [0.29, 0.717) is 17.8 Å². The van der Waals surface area contributed by atoms with Gasteiger partial charge >= 0.3 is 0 Å². The molecule has 2 aromatic heterocycles. The molecular formula is C11H11Cl2N5O. The summed E-state index contributed by atoms with van der Waals surface area (Å²) < 4.78 is 1.31. The van der Waals surface area contributed by atoms with Gasteiger partial charge in [-0.2, -0.15) is 5.10 Å². The first-order chi connectivity index (χ1) is 8.97. The fourth-order valence-corrected chi connectivity index (χ4v) is 2.30. The summed E-state index contributed by atoms with van der Waals surface area (Å²) in [6.45, 7) is 1.84. The minimum absolute atomic E-state index is 0.111. The van der Waals surface area contributed by atoms with Crippen LogP contribution in [0.25, 0.3) is 5.69 Å². The molecule has 6 nitrogen and oxygen atoms in total. The van der Waals surface area contributed by atoms with Crippen LogP contribution in [0.3, 0.4) is 0 Å². The number of aryl methyl sites for hydroxylation is 1. The highest BCUT2D eigenvalue weighted by Gasteiger charge is 2.22. The zero-order valence-electron chi connectivity index (χ0n) is 10.0. The van der Waals surface area contributed by atoms with Crippen LogP contribution in [-0.2, 0) is 6.42 Å². The third-order valence-electron chi connectivity index (χ3n) is 2.61. The van der Waals surface area contributed by atoms with Gasteiger partial charge in [-0.3, -0.25) is 9.78 Å². The molecular weight excluding hydrogens is 289 g/mol. The first-order valence-electron chi connectivity index (χ1n) is 5.43. The summed E-state index contributed by atoms with van der Waals surface area (Å²) in [7, 11) is 0. The van der Waals surface area contributed by atoms with Crippen molar-refractivity contribution in [3.05, 3.63) is 33.7 Å². The minimum atomic E-state index is -0.637. The molecule has 0 aromatic carbocycles. The quantitative estimate of drug-likeness (QED) is 0.903. The van der Waals surface area contributed by atoms with Crippen LogP contribution in [-0.4, -0.2) is 20.7 Å². The van der Waals surface area contributed by atoms with Crippen molar-refractivity contribution in [3.8, 4) is 5.69 Å². The van der Waals surface area contributed by atoms with Gasteiger partial charge in [-0.15, -0.1) is 0 Å². The number of halogens is 2. The Bertz CT molecular complexity index is 633. The summed E-state index contributed by atoms with van der Waals surface area (Å²) in [6, 6.07) is 0. The number of anilines is 1. The monoisotopic (exact) mass is 299 g/mol. The zero-order valence-corrected chi connectivity index (χ0v) is 11.5. The van der Waals surface area contributed by atoms with Crippen molar-refractivity contribution in [2.24, 2.45) is 5.73 Å². The summed E-state index contributed by atoms with van der Waals surface area (Å²) in [5.41, 5.74) is 12.3. The highest BCUT2D eigenvalue weighted by molar-refractivity contribution is 6.37. The van der Waals surface area contributed by atoms with Gasteiger partial charge in [0, 0.05) is 12.4 Å². The number of carbonyl (C=O) groups excluding carboxylic acids is 1. The van der Waals surface area contributed by atoms with Gasteiger partial charge in [-0.25, -0.2) is 4.68 Å². The second-order valence-corrected chi connectivity index (χ2v) is 4.60. The van der Waals surface area contributed by atoms with E-state index in [-0.39, 0.29) is 21.4 Å². The number of nitrogens with zero attached hydrogens (tertiary/aromatic N) is 3. The molecule has 0 aliphatic heterocycles. The number of pyridine rings is 1. The van der Waals surface area contributed by atoms with Crippen LogP contribution in [0.4, 0.5) is 5.82 Å². The van der Waals surface area contributed by atoms with Crippen molar-refractivity contribution in [2.75, 3.05) is 5.73 Å². The van der Waals surface area contributed by atoms with E-state index in [9.17, 15) is 4.79 Å². The van der Waals surface area contributed by atoms with E-state index >= 15 is 0 Å². The molecule has 0 unspecified atom stereocenters. The number of rotatable bonds is 3. The molecule has 0 aliphatic rings. The molecule has 2 aromatic rings. The lowest BCUT2D eigenvalue weighted by atomic mass is 10.2. The van der Waals surface area contributed by atoms with Crippen LogP contribution in [0, 0.1) is 0 Å². The van der Waals surface area contributed by atoms with Crippen LogP contribution in [0.5, 0.6) is 0 Å². The van der Waals surface area contributed by atoms with Crippen LogP contribution in [0.15, 0.2) is 12.4 Å². The standard InChI is InChI=1S/C11H11Cl2N5O/c1-2-7-8(11(15)19)10(14)18(17-7)9-5(12)3-16-4-6(9)13/h3-4H,2,14H2,1H3,(H2,15,19). The number of nitrogens with two attached hydrogens (primary N) is 2. The fourth-order valence-electron chi connectivity index (χ4n) is 1.77. The highest BCUT2D eigenvalue weighted by Crippen LogP contribution is 2.30. The third-order valence-corrected chi connectivity index (χ3v) is 3.17. The normalized spacial score (nSPS) is 10.7. The molecule has 0 spiro atoms. The average molecular weight is 300 g/mol. The molecule has 1 amide bonds. The molecule has 0 radical (unpaired) electrons. The molecule has 2 heterocycles. The maximum atomic E-state index is 11.4. The van der Waals surface area contributed by atoms with Gasteiger partial charge in [-0.05, 0) is 6.42 Å². The van der Waals surface area contributed by atoms with Gasteiger partial charge in [0.25, 0.3) is 5.91 Å². The molecule has 0 saturated carbocycles. The smallest absolute Gasteiger partial charge is 0.254 e. The Kier molecular flexibility index (Phi) is 3.64. The number of nitrogen functional groups attached to an aromatic ring is 1. The van der Waals surface area contributed by atoms with Gasteiger partial charge in [0.1, 0.15) is 17.1 Å². The predicted molar refractivity (Wildman–Crippen MR) is 73.7 cm³/mol. The Balaban J connectivity index is 2.74. The summed E-state index contributed by atoms with van der Waals surface area (Å²) >= 11 is 12.1. The van der Waals surface area contributed by atoms with E-state index in [1.807, 2.05) is 6.92 Å². The lowest BCUT2D eigenvalue weighted by Gasteiger charge is -2.08. The number of carbonyl (C=O) groups is 1. The third kappa shape index (κ3) is 2.24. The molecule has 100 valence electrons. The van der Waals surface area contributed by atoms with Crippen LogP contribution < -0.4 is 11.5 Å². The Morgan fingerprint density at radius 3 is 2.37 bits per heavy atom. The first-order valence-corrected chi connectivity index (χ1v) is 6.19. The summed E-state index contributed by atoms with van der Waals surface area (Å²) in [5, 5.41) is 4.79. The van der Waals surface area contributed by atoms with Gasteiger partial charge in [0.2, 0.25) is 0 Å². The molecule has 0 saturated heterocycles. The number of primary amides is 1. The zero-order chi connectivity index (χ0) is 14.2. The van der Waals surface area contributed by atoms with E-state index in [2.05, 4.69) is 10.1 Å². The molecule has 8 heteroatoms. The minimum Gasteiger partial charge on any atom is -0.383 e. The van der Waals surface area contributed by atoms with E-state index in [1.54, 1.807) is 0 Å². The number of amides is 1. The molecule has 0 atom stereocenters. The number of hydrogen-bond acceptors (Lipinski definition) is 4. The van der Waals surface area contributed by atoms with Gasteiger partial charge in [0.15, 0.2) is 0 Å². The molecule has 0 aliphatic carbocycles. The highest BCUT2D eigenvalue weighted by atomic mass is 35.5. The Hall–Kier alpha value is -1.79. The van der Waals surface area contributed by atoms with E-state index in [0.717, 1.165) is 0 Å². The summed E-state index contributed by atoms with van der Waals surface area (Å²) in [5.74, 6) is -0.527. The summed E-state index contributed by atoms with van der Waals surface area (Å²) in [6.07, 6.45) is 3.34. The number of hydrogen-bond donors (Lipinski definition) is 2. The number of aromatic nitrogens is 3. The van der Waals surface area contributed by atoms with Crippen LogP contribution in [0.1, 0.15) is 23.0 Å². The van der Waals surface area contributed by atoms with Crippen molar-refractivity contribution < 1.29 is 4.79 Å². The van der Waals surface area contributed by atoms with E-state index in [4.69, 9.17) is 34.7 Å². The van der Waals surface area contributed by atoms with Crippen molar-refractivity contribution in [3.63, 3.8) is 0 Å². The van der Waals surface area contributed by atoms with Crippen molar-refractivity contribution in [2.45, 2.75) is 13.3 Å². The lowest BCUT2D eigenvalue weighted by Crippen LogP contribution is -2.15. The topological polar surface area (TPSA) is 99.8 Å². The van der Waals surface area contributed by atoms with Gasteiger partial charge in [0.05, 0.1) is 15.7 Å². The second kappa shape index (κ2) is 5.07. The van der Waals surface area contributed by atoms with E-state index in [1.165, 1.54) is 17.1 Å². The molecule has 19 heavy (non-hydrogen) atoms.